The predicted molar refractivity (Wildman–Crippen MR) is 130 cm³/mol. The standard InChI is InChI=1S/C24H32ClN3O4S/c1-5-6-14-26-24(30)19(3)28(16-20-8-7-9-21(25)15-20)23(29)17-27(4)33(31,32)22-12-10-18(2)11-13-22/h7-13,15,19H,5-6,14,16-17H2,1-4H3,(H,26,30)/t19-/m1/s1. The van der Waals surface area contributed by atoms with Crippen molar-refractivity contribution in [1.82, 2.24) is 14.5 Å². The molecule has 180 valence electrons. The summed E-state index contributed by atoms with van der Waals surface area (Å²) in [5.41, 5.74) is 1.68. The molecular weight excluding hydrogens is 462 g/mol. The number of amides is 2. The van der Waals surface area contributed by atoms with Crippen LogP contribution in [0.5, 0.6) is 0 Å². The lowest BCUT2D eigenvalue weighted by Gasteiger charge is -2.30. The molecule has 1 N–H and O–H groups in total. The molecule has 0 aliphatic rings. The minimum atomic E-state index is -3.86. The van der Waals surface area contributed by atoms with Crippen LogP contribution < -0.4 is 5.32 Å². The van der Waals surface area contributed by atoms with Gasteiger partial charge in [-0.2, -0.15) is 4.31 Å². The number of sulfonamides is 1. The van der Waals surface area contributed by atoms with E-state index in [4.69, 9.17) is 11.6 Å². The van der Waals surface area contributed by atoms with Gasteiger partial charge in [0.1, 0.15) is 6.04 Å². The van der Waals surface area contributed by atoms with Crippen molar-refractivity contribution < 1.29 is 18.0 Å². The Balaban J connectivity index is 2.24. The molecule has 33 heavy (non-hydrogen) atoms. The highest BCUT2D eigenvalue weighted by atomic mass is 35.5. The summed E-state index contributed by atoms with van der Waals surface area (Å²) in [6.07, 6.45) is 1.76. The van der Waals surface area contributed by atoms with Crippen molar-refractivity contribution in [3.63, 3.8) is 0 Å². The normalized spacial score (nSPS) is 12.4. The van der Waals surface area contributed by atoms with Gasteiger partial charge in [0.25, 0.3) is 0 Å². The van der Waals surface area contributed by atoms with E-state index in [1.54, 1.807) is 43.3 Å². The molecule has 0 aliphatic carbocycles. The van der Waals surface area contributed by atoms with Gasteiger partial charge in [0.2, 0.25) is 21.8 Å². The summed E-state index contributed by atoms with van der Waals surface area (Å²) in [5.74, 6) is -0.769. The lowest BCUT2D eigenvalue weighted by Crippen LogP contribution is -2.50. The van der Waals surface area contributed by atoms with Crippen molar-refractivity contribution in [3.05, 3.63) is 64.7 Å². The number of carbonyl (C=O) groups excluding carboxylic acids is 2. The van der Waals surface area contributed by atoms with Crippen LogP contribution in [-0.4, -0.2) is 55.6 Å². The Hall–Kier alpha value is -2.42. The smallest absolute Gasteiger partial charge is 0.243 e. The number of benzene rings is 2. The first kappa shape index (κ1) is 26.8. The van der Waals surface area contributed by atoms with Gasteiger partial charge in [0, 0.05) is 25.2 Å². The third-order valence-corrected chi connectivity index (χ3v) is 7.38. The predicted octanol–water partition coefficient (Wildman–Crippen LogP) is 3.60. The molecule has 0 saturated heterocycles. The molecule has 0 heterocycles. The molecule has 0 saturated carbocycles. The van der Waals surface area contributed by atoms with Crippen molar-refractivity contribution in [1.29, 1.82) is 0 Å². The Kier molecular flexibility index (Phi) is 9.88. The molecule has 1 atom stereocenters. The van der Waals surface area contributed by atoms with E-state index in [0.717, 1.165) is 28.3 Å². The number of aryl methyl sites for hydroxylation is 1. The quantitative estimate of drug-likeness (QED) is 0.484. The minimum Gasteiger partial charge on any atom is -0.354 e. The summed E-state index contributed by atoms with van der Waals surface area (Å²) >= 11 is 6.09. The van der Waals surface area contributed by atoms with Gasteiger partial charge in [-0.1, -0.05) is 54.8 Å². The molecule has 2 aromatic rings. The molecule has 7 nitrogen and oxygen atoms in total. The van der Waals surface area contributed by atoms with E-state index >= 15 is 0 Å². The Morgan fingerprint density at radius 3 is 2.39 bits per heavy atom. The Morgan fingerprint density at radius 1 is 1.12 bits per heavy atom. The molecule has 2 aromatic carbocycles. The number of halogens is 1. The topological polar surface area (TPSA) is 86.8 Å². The summed E-state index contributed by atoms with van der Waals surface area (Å²) < 4.78 is 26.9. The van der Waals surface area contributed by atoms with E-state index in [1.165, 1.54) is 24.1 Å². The fourth-order valence-corrected chi connectivity index (χ4v) is 4.54. The SMILES string of the molecule is CCCCNC(=O)[C@@H](C)N(Cc1cccc(Cl)c1)C(=O)CN(C)S(=O)(=O)c1ccc(C)cc1. The van der Waals surface area contributed by atoms with Gasteiger partial charge in [0.15, 0.2) is 0 Å². The number of likely N-dealkylation sites (N-methyl/N-ethyl adjacent to an activating group) is 1. The van der Waals surface area contributed by atoms with Crippen molar-refractivity contribution in [3.8, 4) is 0 Å². The average Bonchev–Trinajstić information content (AvgIpc) is 2.77. The maximum atomic E-state index is 13.3. The minimum absolute atomic E-state index is 0.107. The Labute approximate surface area is 201 Å². The van der Waals surface area contributed by atoms with Crippen LogP contribution in [0.3, 0.4) is 0 Å². The summed E-state index contributed by atoms with van der Waals surface area (Å²) in [6, 6.07) is 12.7. The van der Waals surface area contributed by atoms with Gasteiger partial charge in [-0.05, 0) is 50.1 Å². The number of nitrogens with zero attached hydrogens (tertiary/aromatic N) is 2. The van der Waals surface area contributed by atoms with E-state index in [0.29, 0.717) is 11.6 Å². The molecule has 0 aliphatic heterocycles. The first-order valence-corrected chi connectivity index (χ1v) is 12.7. The highest BCUT2D eigenvalue weighted by Crippen LogP contribution is 2.18. The van der Waals surface area contributed by atoms with Gasteiger partial charge in [-0.3, -0.25) is 9.59 Å². The second kappa shape index (κ2) is 12.2. The van der Waals surface area contributed by atoms with Crippen LogP contribution in [0.25, 0.3) is 0 Å². The zero-order chi connectivity index (χ0) is 24.6. The first-order valence-electron chi connectivity index (χ1n) is 10.9. The van der Waals surface area contributed by atoms with Crippen molar-refractivity contribution in [2.45, 2.75) is 51.1 Å². The first-order chi connectivity index (χ1) is 15.6. The van der Waals surface area contributed by atoms with Crippen molar-refractivity contribution >= 4 is 33.4 Å². The van der Waals surface area contributed by atoms with Gasteiger partial charge in [-0.25, -0.2) is 8.42 Å². The molecule has 0 radical (unpaired) electrons. The highest BCUT2D eigenvalue weighted by Gasteiger charge is 2.30. The molecule has 0 unspecified atom stereocenters. The lowest BCUT2D eigenvalue weighted by atomic mass is 10.1. The van der Waals surface area contributed by atoms with Gasteiger partial charge < -0.3 is 10.2 Å². The lowest BCUT2D eigenvalue weighted by molar-refractivity contribution is -0.140. The summed E-state index contributed by atoms with van der Waals surface area (Å²) in [6.45, 7) is 5.77. The number of carbonyl (C=O) groups is 2. The van der Waals surface area contributed by atoms with E-state index in [-0.39, 0.29) is 17.3 Å². The van der Waals surface area contributed by atoms with E-state index in [1.807, 2.05) is 13.8 Å². The van der Waals surface area contributed by atoms with Crippen LogP contribution >= 0.6 is 11.6 Å². The van der Waals surface area contributed by atoms with Crippen LogP contribution in [-0.2, 0) is 26.2 Å². The zero-order valence-electron chi connectivity index (χ0n) is 19.5. The second-order valence-corrected chi connectivity index (χ2v) is 10.5. The summed E-state index contributed by atoms with van der Waals surface area (Å²) in [4.78, 5) is 27.4. The summed E-state index contributed by atoms with van der Waals surface area (Å²) in [7, 11) is -2.51. The third-order valence-electron chi connectivity index (χ3n) is 5.33. The van der Waals surface area contributed by atoms with E-state index < -0.39 is 28.5 Å². The Morgan fingerprint density at radius 2 is 1.79 bits per heavy atom. The van der Waals surface area contributed by atoms with Crippen molar-refractivity contribution in [2.24, 2.45) is 0 Å². The molecule has 2 amide bonds. The molecule has 9 heteroatoms. The second-order valence-electron chi connectivity index (χ2n) is 8.05. The van der Waals surface area contributed by atoms with Gasteiger partial charge in [0.05, 0.1) is 11.4 Å². The maximum Gasteiger partial charge on any atom is 0.243 e. The monoisotopic (exact) mass is 493 g/mol. The van der Waals surface area contributed by atoms with Crippen LogP contribution in [0.2, 0.25) is 5.02 Å². The van der Waals surface area contributed by atoms with Crippen LogP contribution in [0.4, 0.5) is 0 Å². The Bertz CT molecular complexity index is 1060. The van der Waals surface area contributed by atoms with E-state index in [9.17, 15) is 18.0 Å². The molecular formula is C24H32ClN3O4S. The van der Waals surface area contributed by atoms with Gasteiger partial charge in [-0.15, -0.1) is 0 Å². The van der Waals surface area contributed by atoms with Crippen LogP contribution in [0.1, 0.15) is 37.8 Å². The van der Waals surface area contributed by atoms with Crippen LogP contribution in [0.15, 0.2) is 53.4 Å². The van der Waals surface area contributed by atoms with E-state index in [2.05, 4.69) is 5.32 Å². The summed E-state index contributed by atoms with van der Waals surface area (Å²) in [5, 5.41) is 3.35. The molecule has 0 fully saturated rings. The fraction of sp³-hybridized carbons (Fsp3) is 0.417. The largest absolute Gasteiger partial charge is 0.354 e. The van der Waals surface area contributed by atoms with Gasteiger partial charge >= 0.3 is 0 Å². The molecule has 0 aromatic heterocycles. The average molecular weight is 494 g/mol. The number of unbranched alkanes of at least 4 members (excludes halogenated alkanes) is 1. The zero-order valence-corrected chi connectivity index (χ0v) is 21.1. The van der Waals surface area contributed by atoms with Crippen molar-refractivity contribution in [2.75, 3.05) is 20.1 Å². The molecule has 0 bridgehead atoms. The number of hydrogen-bond donors (Lipinski definition) is 1. The maximum absolute atomic E-state index is 13.3. The number of rotatable bonds is 11. The van der Waals surface area contributed by atoms with Crippen LogP contribution in [0, 0.1) is 6.92 Å². The number of nitrogens with one attached hydrogen (secondary N) is 1. The molecule has 0 spiro atoms. The highest BCUT2D eigenvalue weighted by molar-refractivity contribution is 7.89. The fourth-order valence-electron chi connectivity index (χ4n) is 3.21. The number of hydrogen-bond acceptors (Lipinski definition) is 4. The molecule has 2 rings (SSSR count). The third kappa shape index (κ3) is 7.55.